The van der Waals surface area contributed by atoms with Crippen molar-refractivity contribution < 1.29 is 34.2 Å². The zero-order valence-electron chi connectivity index (χ0n) is 26.0. The maximum Gasteiger partial charge on any atom is 0.322 e. The number of carbonyl (C=O) groups is 5. The van der Waals surface area contributed by atoms with Gasteiger partial charge in [-0.15, -0.1) is 0 Å². The van der Waals surface area contributed by atoms with Crippen molar-refractivity contribution in [1.82, 2.24) is 26.6 Å². The Labute approximate surface area is 263 Å². The van der Waals surface area contributed by atoms with Gasteiger partial charge in [0.2, 0.25) is 23.6 Å². The van der Waals surface area contributed by atoms with E-state index in [1.54, 1.807) is 19.1 Å². The minimum atomic E-state index is -1.25. The average Bonchev–Trinajstić information content (AvgIpc) is 3.00. The monoisotopic (exact) mass is 626 g/mol. The van der Waals surface area contributed by atoms with Gasteiger partial charge in [0.05, 0.1) is 6.04 Å². The van der Waals surface area contributed by atoms with Crippen molar-refractivity contribution in [3.8, 4) is 5.75 Å². The van der Waals surface area contributed by atoms with E-state index in [1.807, 2.05) is 44.2 Å². The highest BCUT2D eigenvalue weighted by molar-refractivity contribution is 5.95. The van der Waals surface area contributed by atoms with Crippen LogP contribution in [0, 0.1) is 5.92 Å². The SMILES string of the molecule is CC(C)C[C@H](NC(=O)[C@H](Cc1ccccc1)NC(=O)[C@H](C)NCCCN)C(=O)N[C@@H](Cc1ccc(O)cc1)C(=O)NCC(=O)O. The van der Waals surface area contributed by atoms with Crippen LogP contribution in [0.1, 0.15) is 44.7 Å². The van der Waals surface area contributed by atoms with Crippen molar-refractivity contribution in [2.45, 2.75) is 70.6 Å². The molecule has 0 unspecified atom stereocenters. The number of carboxylic acids is 1. The van der Waals surface area contributed by atoms with Gasteiger partial charge in [0.25, 0.3) is 0 Å². The van der Waals surface area contributed by atoms with E-state index in [4.69, 9.17) is 10.8 Å². The van der Waals surface area contributed by atoms with E-state index in [2.05, 4.69) is 26.6 Å². The lowest BCUT2D eigenvalue weighted by Gasteiger charge is -2.27. The second kappa shape index (κ2) is 19.0. The number of aromatic hydroxyl groups is 1. The van der Waals surface area contributed by atoms with Gasteiger partial charge in [0, 0.05) is 12.8 Å². The fourth-order valence-corrected chi connectivity index (χ4v) is 4.48. The van der Waals surface area contributed by atoms with Crippen LogP contribution in [0.5, 0.6) is 5.75 Å². The summed E-state index contributed by atoms with van der Waals surface area (Å²) >= 11 is 0. The summed E-state index contributed by atoms with van der Waals surface area (Å²) in [7, 11) is 0. The molecule has 0 bridgehead atoms. The van der Waals surface area contributed by atoms with E-state index in [9.17, 15) is 29.1 Å². The third-order valence-corrected chi connectivity index (χ3v) is 6.90. The first-order valence-electron chi connectivity index (χ1n) is 15.1. The van der Waals surface area contributed by atoms with Crippen LogP contribution in [-0.4, -0.2) is 83.6 Å². The lowest BCUT2D eigenvalue weighted by Crippen LogP contribution is -2.59. The van der Waals surface area contributed by atoms with Crippen LogP contribution in [0.2, 0.25) is 0 Å². The summed E-state index contributed by atoms with van der Waals surface area (Å²) in [4.78, 5) is 64.3. The topological polar surface area (TPSA) is 212 Å². The quantitative estimate of drug-likeness (QED) is 0.1000. The first-order valence-corrected chi connectivity index (χ1v) is 15.1. The van der Waals surface area contributed by atoms with Crippen molar-refractivity contribution >= 4 is 29.6 Å². The Morgan fingerprint density at radius 2 is 1.27 bits per heavy atom. The third-order valence-electron chi connectivity index (χ3n) is 6.90. The molecule has 13 heteroatoms. The number of hydrogen-bond acceptors (Lipinski definition) is 8. The summed E-state index contributed by atoms with van der Waals surface area (Å²) < 4.78 is 0. The number of carbonyl (C=O) groups excluding carboxylic acids is 4. The molecule has 13 nitrogen and oxygen atoms in total. The average molecular weight is 627 g/mol. The second-order valence-corrected chi connectivity index (χ2v) is 11.3. The van der Waals surface area contributed by atoms with Crippen LogP contribution in [-0.2, 0) is 36.8 Å². The van der Waals surface area contributed by atoms with Crippen LogP contribution < -0.4 is 32.3 Å². The molecule has 2 aromatic carbocycles. The number of phenolic OH excluding ortho intramolecular Hbond substituents is 1. The number of phenols is 1. The number of carboxylic acid groups (broad SMARTS) is 1. The minimum absolute atomic E-state index is 0.00154. The number of rotatable bonds is 19. The molecule has 246 valence electrons. The molecule has 2 aromatic rings. The second-order valence-electron chi connectivity index (χ2n) is 11.3. The van der Waals surface area contributed by atoms with Crippen molar-refractivity contribution in [3.05, 3.63) is 65.7 Å². The fraction of sp³-hybridized carbons (Fsp3) is 0.469. The van der Waals surface area contributed by atoms with Crippen molar-refractivity contribution in [3.63, 3.8) is 0 Å². The lowest BCUT2D eigenvalue weighted by atomic mass is 9.99. The zero-order valence-corrected chi connectivity index (χ0v) is 26.0. The molecule has 0 spiro atoms. The standard InChI is InChI=1S/C32H46N6O7/c1-20(2)16-25(31(44)38-26(30(43)35-19-28(40)41)18-23-10-12-24(39)13-11-23)37-32(45)27(17-22-8-5-4-6-9-22)36-29(42)21(3)34-15-7-14-33/h4-6,8-13,20-21,25-27,34,39H,7,14-19,33H2,1-3H3,(H,35,43)(H,36,42)(H,37,45)(H,38,44)(H,40,41)/t21-,25-,26-,27-/m0/s1. The summed E-state index contributed by atoms with van der Waals surface area (Å²) in [5.74, 6) is -3.60. The number of hydrogen-bond donors (Lipinski definition) is 8. The molecule has 0 radical (unpaired) electrons. The number of benzene rings is 2. The molecule has 2 rings (SSSR count). The molecule has 4 atom stereocenters. The predicted octanol–water partition coefficient (Wildman–Crippen LogP) is 0.206. The van der Waals surface area contributed by atoms with E-state index < -0.39 is 60.3 Å². The third kappa shape index (κ3) is 13.8. The molecule has 0 aliphatic carbocycles. The number of aliphatic carboxylic acids is 1. The zero-order chi connectivity index (χ0) is 33.4. The summed E-state index contributed by atoms with van der Waals surface area (Å²) in [6.45, 7) is 5.78. The molecular formula is C32H46N6O7. The lowest BCUT2D eigenvalue weighted by molar-refractivity contribution is -0.138. The highest BCUT2D eigenvalue weighted by Crippen LogP contribution is 2.13. The van der Waals surface area contributed by atoms with Gasteiger partial charge in [-0.3, -0.25) is 24.0 Å². The number of amides is 4. The molecule has 4 amide bonds. The summed E-state index contributed by atoms with van der Waals surface area (Å²) in [5, 5.41) is 32.2. The number of nitrogens with one attached hydrogen (secondary N) is 5. The largest absolute Gasteiger partial charge is 0.508 e. The van der Waals surface area contributed by atoms with E-state index in [0.29, 0.717) is 25.1 Å². The summed E-state index contributed by atoms with van der Waals surface area (Å²) in [6, 6.07) is 11.3. The van der Waals surface area contributed by atoms with E-state index >= 15 is 0 Å². The van der Waals surface area contributed by atoms with E-state index in [-0.39, 0.29) is 30.9 Å². The first kappa shape index (κ1) is 36.7. The molecular weight excluding hydrogens is 580 g/mol. The molecule has 0 saturated carbocycles. The maximum absolute atomic E-state index is 13.7. The van der Waals surface area contributed by atoms with Gasteiger partial charge in [-0.2, -0.15) is 0 Å². The highest BCUT2D eigenvalue weighted by atomic mass is 16.4. The van der Waals surface area contributed by atoms with Crippen LogP contribution in [0.25, 0.3) is 0 Å². The van der Waals surface area contributed by atoms with Crippen LogP contribution in [0.15, 0.2) is 54.6 Å². The van der Waals surface area contributed by atoms with Crippen molar-refractivity contribution in [1.29, 1.82) is 0 Å². The van der Waals surface area contributed by atoms with Crippen LogP contribution in [0.4, 0.5) is 0 Å². The maximum atomic E-state index is 13.7. The van der Waals surface area contributed by atoms with Crippen molar-refractivity contribution in [2.24, 2.45) is 11.7 Å². The Morgan fingerprint density at radius 3 is 1.84 bits per heavy atom. The van der Waals surface area contributed by atoms with Gasteiger partial charge in [0.15, 0.2) is 0 Å². The van der Waals surface area contributed by atoms with Crippen molar-refractivity contribution in [2.75, 3.05) is 19.6 Å². The fourth-order valence-electron chi connectivity index (χ4n) is 4.48. The Hall–Kier alpha value is -4.49. The number of nitrogens with two attached hydrogens (primary N) is 1. The predicted molar refractivity (Wildman–Crippen MR) is 169 cm³/mol. The van der Waals surface area contributed by atoms with Crippen LogP contribution >= 0.6 is 0 Å². The van der Waals surface area contributed by atoms with Gasteiger partial charge in [-0.05, 0) is 62.0 Å². The normalized spacial score (nSPS) is 13.6. The summed E-state index contributed by atoms with van der Waals surface area (Å²) in [5.41, 5.74) is 6.94. The summed E-state index contributed by atoms with van der Waals surface area (Å²) in [6.07, 6.45) is 1.08. The van der Waals surface area contributed by atoms with E-state index in [1.165, 1.54) is 12.1 Å². The first-order chi connectivity index (χ1) is 21.4. The molecule has 0 aliphatic rings. The molecule has 0 aliphatic heterocycles. The minimum Gasteiger partial charge on any atom is -0.508 e. The molecule has 45 heavy (non-hydrogen) atoms. The molecule has 0 aromatic heterocycles. The smallest absolute Gasteiger partial charge is 0.322 e. The molecule has 0 fully saturated rings. The van der Waals surface area contributed by atoms with Gasteiger partial charge in [-0.25, -0.2) is 0 Å². The Balaban J connectivity index is 2.26. The van der Waals surface area contributed by atoms with E-state index in [0.717, 1.165) is 5.56 Å². The Morgan fingerprint density at radius 1 is 0.733 bits per heavy atom. The van der Waals surface area contributed by atoms with Crippen LogP contribution in [0.3, 0.4) is 0 Å². The van der Waals surface area contributed by atoms with Gasteiger partial charge >= 0.3 is 5.97 Å². The van der Waals surface area contributed by atoms with Gasteiger partial charge in [0.1, 0.15) is 30.4 Å². The Bertz CT molecular complexity index is 1260. The highest BCUT2D eigenvalue weighted by Gasteiger charge is 2.31. The molecule has 9 N–H and O–H groups in total. The Kier molecular flexibility index (Phi) is 15.5. The molecule has 0 saturated heterocycles. The van der Waals surface area contributed by atoms with Gasteiger partial charge in [-0.1, -0.05) is 56.3 Å². The molecule has 0 heterocycles. The van der Waals surface area contributed by atoms with Gasteiger partial charge < -0.3 is 42.5 Å².